The zero-order valence-corrected chi connectivity index (χ0v) is 8.71. The summed E-state index contributed by atoms with van der Waals surface area (Å²) >= 11 is 5.58. The maximum absolute atomic E-state index is 13.1. The first kappa shape index (κ1) is 10.9. The van der Waals surface area contributed by atoms with Crippen LogP contribution in [0.1, 0.15) is 17.9 Å². The number of anilines is 1. The lowest BCUT2D eigenvalue weighted by atomic mass is 9.97. The van der Waals surface area contributed by atoms with E-state index < -0.39 is 23.6 Å². The fourth-order valence-corrected chi connectivity index (χ4v) is 1.87. The summed E-state index contributed by atoms with van der Waals surface area (Å²) in [5.74, 6) is -2.98. The minimum Gasteiger partial charge on any atom is -0.481 e. The van der Waals surface area contributed by atoms with Crippen LogP contribution in [-0.2, 0) is 9.59 Å². The molecule has 4 nitrogen and oxygen atoms in total. The van der Waals surface area contributed by atoms with E-state index in [2.05, 4.69) is 5.32 Å². The van der Waals surface area contributed by atoms with Crippen LogP contribution in [-0.4, -0.2) is 17.0 Å². The fourth-order valence-electron chi connectivity index (χ4n) is 1.70. The first-order chi connectivity index (χ1) is 7.49. The summed E-state index contributed by atoms with van der Waals surface area (Å²) in [7, 11) is 0. The van der Waals surface area contributed by atoms with Crippen molar-refractivity contribution >= 4 is 29.2 Å². The van der Waals surface area contributed by atoms with E-state index in [-0.39, 0.29) is 17.1 Å². The molecule has 0 saturated heterocycles. The number of fused-ring (bicyclic) bond motifs is 1. The van der Waals surface area contributed by atoms with Crippen LogP contribution >= 0.6 is 11.6 Å². The van der Waals surface area contributed by atoms with Gasteiger partial charge in [0.05, 0.1) is 17.4 Å². The summed E-state index contributed by atoms with van der Waals surface area (Å²) in [5, 5.41) is 11.0. The van der Waals surface area contributed by atoms with Gasteiger partial charge in [-0.15, -0.1) is 0 Å². The molecule has 1 amide bonds. The molecule has 2 N–H and O–H groups in total. The van der Waals surface area contributed by atoms with Gasteiger partial charge < -0.3 is 10.4 Å². The Morgan fingerprint density at radius 2 is 2.25 bits per heavy atom. The van der Waals surface area contributed by atoms with E-state index in [1.165, 1.54) is 6.07 Å². The van der Waals surface area contributed by atoms with Gasteiger partial charge in [-0.25, -0.2) is 4.39 Å². The fraction of sp³-hybridized carbons (Fsp3) is 0.200. The minimum atomic E-state index is -1.09. The Labute approximate surface area is 95.0 Å². The molecule has 1 aromatic rings. The molecule has 6 heteroatoms. The summed E-state index contributed by atoms with van der Waals surface area (Å²) in [6.07, 6.45) is -0.333. The molecular formula is C10H7ClFNO3. The Bertz CT molecular complexity index is 489. The Balaban J connectivity index is 2.44. The van der Waals surface area contributed by atoms with E-state index in [0.29, 0.717) is 5.56 Å². The highest BCUT2D eigenvalue weighted by Crippen LogP contribution is 2.37. The SMILES string of the molecule is O=C(O)CC1C(=O)Nc2cc(F)c(Cl)cc21. The van der Waals surface area contributed by atoms with E-state index in [1.807, 2.05) is 0 Å². The zero-order chi connectivity index (χ0) is 11.9. The number of halogens is 2. The van der Waals surface area contributed by atoms with Crippen molar-refractivity contribution in [1.29, 1.82) is 0 Å². The molecule has 0 bridgehead atoms. The molecule has 1 heterocycles. The number of carbonyl (C=O) groups is 2. The van der Waals surface area contributed by atoms with Gasteiger partial charge >= 0.3 is 5.97 Å². The summed E-state index contributed by atoms with van der Waals surface area (Å²) in [6, 6.07) is 2.38. The van der Waals surface area contributed by atoms with Crippen molar-refractivity contribution in [3.8, 4) is 0 Å². The molecular weight excluding hydrogens is 237 g/mol. The smallest absolute Gasteiger partial charge is 0.304 e. The third kappa shape index (κ3) is 1.74. The first-order valence-corrected chi connectivity index (χ1v) is 4.88. The van der Waals surface area contributed by atoms with Gasteiger partial charge in [0.2, 0.25) is 5.91 Å². The number of aliphatic carboxylic acids is 1. The quantitative estimate of drug-likeness (QED) is 0.835. The second-order valence-corrected chi connectivity index (χ2v) is 3.90. The third-order valence-electron chi connectivity index (χ3n) is 2.42. The van der Waals surface area contributed by atoms with Crippen molar-refractivity contribution in [3.63, 3.8) is 0 Å². The van der Waals surface area contributed by atoms with Crippen molar-refractivity contribution in [2.24, 2.45) is 0 Å². The van der Waals surface area contributed by atoms with Crippen LogP contribution in [0, 0.1) is 5.82 Å². The highest BCUT2D eigenvalue weighted by Gasteiger charge is 2.33. The van der Waals surface area contributed by atoms with Gasteiger partial charge in [0.15, 0.2) is 0 Å². The molecule has 0 radical (unpaired) electrons. The van der Waals surface area contributed by atoms with Crippen LogP contribution in [0.3, 0.4) is 0 Å². The molecule has 1 aromatic carbocycles. The average molecular weight is 244 g/mol. The van der Waals surface area contributed by atoms with E-state index >= 15 is 0 Å². The van der Waals surface area contributed by atoms with Crippen LogP contribution in [0.15, 0.2) is 12.1 Å². The van der Waals surface area contributed by atoms with Gasteiger partial charge in [0.25, 0.3) is 0 Å². The molecule has 84 valence electrons. The van der Waals surface area contributed by atoms with Crippen LogP contribution in [0.25, 0.3) is 0 Å². The highest BCUT2D eigenvalue weighted by atomic mass is 35.5. The van der Waals surface area contributed by atoms with Gasteiger partial charge in [-0.2, -0.15) is 0 Å². The summed E-state index contributed by atoms with van der Waals surface area (Å²) < 4.78 is 13.1. The average Bonchev–Trinajstić information content (AvgIpc) is 2.45. The first-order valence-electron chi connectivity index (χ1n) is 4.50. The van der Waals surface area contributed by atoms with Crippen LogP contribution < -0.4 is 5.32 Å². The molecule has 1 aliphatic heterocycles. The number of carbonyl (C=O) groups excluding carboxylic acids is 1. The number of carboxylic acid groups (broad SMARTS) is 1. The van der Waals surface area contributed by atoms with Crippen molar-refractivity contribution in [2.45, 2.75) is 12.3 Å². The third-order valence-corrected chi connectivity index (χ3v) is 2.71. The van der Waals surface area contributed by atoms with Crippen LogP contribution in [0.4, 0.5) is 10.1 Å². The second-order valence-electron chi connectivity index (χ2n) is 3.49. The lowest BCUT2D eigenvalue weighted by Gasteiger charge is -2.05. The van der Waals surface area contributed by atoms with Gasteiger partial charge in [-0.05, 0) is 17.7 Å². The zero-order valence-electron chi connectivity index (χ0n) is 7.96. The lowest BCUT2D eigenvalue weighted by molar-refractivity contribution is -0.138. The van der Waals surface area contributed by atoms with Crippen molar-refractivity contribution in [2.75, 3.05) is 5.32 Å². The minimum absolute atomic E-state index is 0.120. The lowest BCUT2D eigenvalue weighted by Crippen LogP contribution is -2.15. The van der Waals surface area contributed by atoms with Crippen LogP contribution in [0.5, 0.6) is 0 Å². The van der Waals surface area contributed by atoms with Crippen molar-refractivity contribution < 1.29 is 19.1 Å². The number of carboxylic acids is 1. The molecule has 0 saturated carbocycles. The topological polar surface area (TPSA) is 66.4 Å². The monoisotopic (exact) mass is 243 g/mol. The Kier molecular flexibility index (Phi) is 2.55. The number of hydrogen-bond donors (Lipinski definition) is 2. The number of benzene rings is 1. The summed E-state index contributed by atoms with van der Waals surface area (Å²) in [4.78, 5) is 22.0. The van der Waals surface area contributed by atoms with E-state index in [0.717, 1.165) is 6.07 Å². The Morgan fingerprint density at radius 3 is 2.88 bits per heavy atom. The standard InChI is InChI=1S/C10H7ClFNO3/c11-6-1-4-5(2-9(14)15)10(16)13-8(4)3-7(6)12/h1,3,5H,2H2,(H,13,16)(H,14,15). The predicted octanol–water partition coefficient (Wildman–Crippen LogP) is 1.99. The van der Waals surface area contributed by atoms with Crippen molar-refractivity contribution in [3.05, 3.63) is 28.5 Å². The van der Waals surface area contributed by atoms with Gasteiger partial charge in [0, 0.05) is 5.69 Å². The van der Waals surface area contributed by atoms with Gasteiger partial charge in [0.1, 0.15) is 5.82 Å². The number of rotatable bonds is 2. The predicted molar refractivity (Wildman–Crippen MR) is 55.0 cm³/mol. The molecule has 0 spiro atoms. The van der Waals surface area contributed by atoms with E-state index in [9.17, 15) is 14.0 Å². The molecule has 1 aliphatic rings. The molecule has 0 aliphatic carbocycles. The molecule has 1 atom stereocenters. The number of hydrogen-bond acceptors (Lipinski definition) is 2. The van der Waals surface area contributed by atoms with Gasteiger partial charge in [-0.1, -0.05) is 11.6 Å². The van der Waals surface area contributed by atoms with Crippen LogP contribution in [0.2, 0.25) is 5.02 Å². The highest BCUT2D eigenvalue weighted by molar-refractivity contribution is 6.31. The Hall–Kier alpha value is -1.62. The largest absolute Gasteiger partial charge is 0.481 e. The summed E-state index contributed by atoms with van der Waals surface area (Å²) in [6.45, 7) is 0. The number of amides is 1. The van der Waals surface area contributed by atoms with Gasteiger partial charge in [-0.3, -0.25) is 9.59 Å². The van der Waals surface area contributed by atoms with E-state index in [4.69, 9.17) is 16.7 Å². The Morgan fingerprint density at radius 1 is 1.56 bits per heavy atom. The maximum atomic E-state index is 13.1. The molecule has 0 aromatic heterocycles. The van der Waals surface area contributed by atoms with Crippen molar-refractivity contribution in [1.82, 2.24) is 0 Å². The van der Waals surface area contributed by atoms with E-state index in [1.54, 1.807) is 0 Å². The summed E-state index contributed by atoms with van der Waals surface area (Å²) in [5.41, 5.74) is 0.719. The maximum Gasteiger partial charge on any atom is 0.304 e. The number of nitrogens with one attached hydrogen (secondary N) is 1. The molecule has 16 heavy (non-hydrogen) atoms. The molecule has 1 unspecified atom stereocenters. The normalized spacial score (nSPS) is 18.1. The molecule has 0 fully saturated rings. The molecule has 2 rings (SSSR count). The second kappa shape index (κ2) is 3.75.